The van der Waals surface area contributed by atoms with Crippen LogP contribution in [0.5, 0.6) is 0 Å². The van der Waals surface area contributed by atoms with E-state index >= 15 is 0 Å². The Morgan fingerprint density at radius 1 is 0.944 bits per heavy atom. The lowest BCUT2D eigenvalue weighted by atomic mass is 9.73. The van der Waals surface area contributed by atoms with Crippen molar-refractivity contribution in [1.29, 1.82) is 0 Å². The first kappa shape index (κ1) is 23.4. The first-order valence-electron chi connectivity index (χ1n) is 11.5. The number of hydrogen-bond acceptors (Lipinski definition) is 7. The zero-order valence-electron chi connectivity index (χ0n) is 19.6. The molecular formula is C23H23ClF4N8. The molecule has 0 saturated carbocycles. The Morgan fingerprint density at radius 3 is 2.28 bits per heavy atom. The maximum absolute atomic E-state index is 13.9. The second-order valence-corrected chi connectivity index (χ2v) is 10.8. The number of hydrogen-bond donors (Lipinski definition) is 0. The summed E-state index contributed by atoms with van der Waals surface area (Å²) >= 11 is 6.23. The molecule has 0 atom stereocenters. The predicted molar refractivity (Wildman–Crippen MR) is 125 cm³/mol. The van der Waals surface area contributed by atoms with E-state index in [-0.39, 0.29) is 18.5 Å². The van der Waals surface area contributed by atoms with Gasteiger partial charge in [0.25, 0.3) is 0 Å². The molecule has 1 aromatic carbocycles. The first-order valence-corrected chi connectivity index (χ1v) is 11.9. The van der Waals surface area contributed by atoms with E-state index in [1.165, 1.54) is 18.7 Å². The van der Waals surface area contributed by atoms with E-state index in [1.54, 1.807) is 12.1 Å². The van der Waals surface area contributed by atoms with E-state index in [9.17, 15) is 17.6 Å². The van der Waals surface area contributed by atoms with E-state index in [2.05, 4.69) is 25.1 Å². The fourth-order valence-electron chi connectivity index (χ4n) is 5.25. The van der Waals surface area contributed by atoms with Crippen molar-refractivity contribution in [3.05, 3.63) is 52.8 Å². The summed E-state index contributed by atoms with van der Waals surface area (Å²) in [7, 11) is 0. The highest BCUT2D eigenvalue weighted by atomic mass is 35.5. The van der Waals surface area contributed by atoms with Gasteiger partial charge in [-0.15, -0.1) is 10.2 Å². The fourth-order valence-corrected chi connectivity index (χ4v) is 5.44. The molecule has 13 heteroatoms. The summed E-state index contributed by atoms with van der Waals surface area (Å²) in [5.74, 6) is 1.06. The summed E-state index contributed by atoms with van der Waals surface area (Å²) in [5, 5.41) is 9.16. The third kappa shape index (κ3) is 3.61. The number of rotatable bonds is 3. The average molecular weight is 523 g/mol. The van der Waals surface area contributed by atoms with Crippen LogP contribution in [0.15, 0.2) is 30.6 Å². The maximum Gasteiger partial charge on any atom is 0.406 e. The molecule has 3 aromatic rings. The summed E-state index contributed by atoms with van der Waals surface area (Å²) in [4.78, 5) is 13.5. The number of halogens is 5. The quantitative estimate of drug-likeness (QED) is 0.484. The molecule has 0 radical (unpaired) electrons. The summed E-state index contributed by atoms with van der Waals surface area (Å²) in [6, 6.07) is 5.24. The SMILES string of the molecule is CC(C)(N1Cc2cc(Cl)ccc2-n2c(nnc2N2CC3(CN(c4ncc(F)cn4)C3)C2)C1)C(F)(F)F. The molecule has 5 heterocycles. The Bertz CT molecular complexity index is 1310. The van der Waals surface area contributed by atoms with Crippen molar-refractivity contribution in [3.63, 3.8) is 0 Å². The highest BCUT2D eigenvalue weighted by Crippen LogP contribution is 2.44. The van der Waals surface area contributed by atoms with Crippen LogP contribution in [0.25, 0.3) is 5.69 Å². The lowest BCUT2D eigenvalue weighted by Crippen LogP contribution is -2.73. The number of alkyl halides is 3. The van der Waals surface area contributed by atoms with Gasteiger partial charge in [-0.3, -0.25) is 9.47 Å². The number of fused-ring (bicyclic) bond motifs is 3. The average Bonchev–Trinajstić information content (AvgIpc) is 3.07. The molecular weight excluding hydrogens is 500 g/mol. The molecule has 0 unspecified atom stereocenters. The number of nitrogens with zero attached hydrogens (tertiary/aromatic N) is 8. The largest absolute Gasteiger partial charge is 0.406 e. The Morgan fingerprint density at radius 2 is 1.61 bits per heavy atom. The van der Waals surface area contributed by atoms with Gasteiger partial charge in [-0.05, 0) is 37.6 Å². The van der Waals surface area contributed by atoms with Crippen LogP contribution in [0.3, 0.4) is 0 Å². The summed E-state index contributed by atoms with van der Waals surface area (Å²) in [6.45, 7) is 5.30. The number of benzene rings is 1. The van der Waals surface area contributed by atoms with Gasteiger partial charge in [-0.25, -0.2) is 14.4 Å². The summed E-state index contributed by atoms with van der Waals surface area (Å²) in [5.41, 5.74) is -0.641. The maximum atomic E-state index is 13.9. The van der Waals surface area contributed by atoms with Crippen LogP contribution in [0.1, 0.15) is 25.2 Å². The molecule has 0 amide bonds. The second-order valence-electron chi connectivity index (χ2n) is 10.4. The molecule has 36 heavy (non-hydrogen) atoms. The molecule has 6 rings (SSSR count). The van der Waals surface area contributed by atoms with Gasteiger partial charge in [0.05, 0.1) is 24.6 Å². The van der Waals surface area contributed by atoms with Crippen molar-refractivity contribution in [3.8, 4) is 5.69 Å². The van der Waals surface area contributed by atoms with E-state index in [0.29, 0.717) is 41.4 Å². The van der Waals surface area contributed by atoms with E-state index in [0.717, 1.165) is 31.2 Å². The molecule has 3 aliphatic heterocycles. The van der Waals surface area contributed by atoms with Crippen LogP contribution < -0.4 is 9.80 Å². The predicted octanol–water partition coefficient (Wildman–Crippen LogP) is 3.83. The smallest absolute Gasteiger partial charge is 0.339 e. The van der Waals surface area contributed by atoms with Crippen LogP contribution in [0, 0.1) is 11.2 Å². The Labute approximate surface area is 209 Å². The first-order chi connectivity index (χ1) is 17.0. The van der Waals surface area contributed by atoms with Crippen molar-refractivity contribution < 1.29 is 17.6 Å². The Hall–Kier alpha value is -2.99. The Kier molecular flexibility index (Phi) is 5.04. The van der Waals surface area contributed by atoms with Gasteiger partial charge >= 0.3 is 6.18 Å². The van der Waals surface area contributed by atoms with Crippen LogP contribution in [0.2, 0.25) is 5.02 Å². The van der Waals surface area contributed by atoms with Gasteiger partial charge in [0.2, 0.25) is 11.9 Å². The minimum atomic E-state index is -4.43. The third-order valence-electron chi connectivity index (χ3n) is 7.45. The number of aromatic nitrogens is 5. The minimum absolute atomic E-state index is 0.0134. The van der Waals surface area contributed by atoms with Crippen molar-refractivity contribution in [2.24, 2.45) is 5.41 Å². The molecule has 0 aliphatic carbocycles. The molecule has 8 nitrogen and oxygen atoms in total. The highest BCUT2D eigenvalue weighted by Gasteiger charge is 2.55. The van der Waals surface area contributed by atoms with E-state index in [4.69, 9.17) is 11.6 Å². The zero-order valence-corrected chi connectivity index (χ0v) is 20.4. The second kappa shape index (κ2) is 7.75. The van der Waals surface area contributed by atoms with Crippen LogP contribution in [0.4, 0.5) is 29.5 Å². The molecule has 2 fully saturated rings. The number of anilines is 2. The molecule has 0 bridgehead atoms. The zero-order chi connectivity index (χ0) is 25.5. The Balaban J connectivity index is 1.27. The van der Waals surface area contributed by atoms with E-state index < -0.39 is 17.5 Å². The topological polar surface area (TPSA) is 66.2 Å². The van der Waals surface area contributed by atoms with Crippen LogP contribution >= 0.6 is 11.6 Å². The lowest BCUT2D eigenvalue weighted by Gasteiger charge is -2.60. The molecule has 3 aliphatic rings. The molecule has 1 spiro atoms. The van der Waals surface area contributed by atoms with Gasteiger partial charge in [0.15, 0.2) is 11.6 Å². The molecule has 2 saturated heterocycles. The molecule has 2 aromatic heterocycles. The minimum Gasteiger partial charge on any atom is -0.339 e. The summed E-state index contributed by atoms with van der Waals surface area (Å²) < 4.78 is 56.8. The fraction of sp³-hybridized carbons (Fsp3) is 0.478. The van der Waals surface area contributed by atoms with Gasteiger partial charge in [-0.2, -0.15) is 13.2 Å². The van der Waals surface area contributed by atoms with Gasteiger partial charge in [0, 0.05) is 43.2 Å². The van der Waals surface area contributed by atoms with E-state index in [1.807, 2.05) is 15.5 Å². The standard InChI is InChI=1S/C23H23ClF4N8/c1-21(2,23(26,27)28)35-8-14-5-15(24)3-4-17(14)36-18(9-35)31-32-20(36)34-12-22(13-34)10-33(11-22)19-29-6-16(25)7-30-19/h3-7H,8-13H2,1-2H3. The summed E-state index contributed by atoms with van der Waals surface area (Å²) in [6.07, 6.45) is -2.13. The van der Waals surface area contributed by atoms with Crippen molar-refractivity contribution in [2.45, 2.75) is 38.7 Å². The van der Waals surface area contributed by atoms with Crippen molar-refractivity contribution in [1.82, 2.24) is 29.6 Å². The molecule has 190 valence electrons. The highest BCUT2D eigenvalue weighted by molar-refractivity contribution is 6.30. The third-order valence-corrected chi connectivity index (χ3v) is 7.69. The van der Waals surface area contributed by atoms with Gasteiger partial charge in [-0.1, -0.05) is 11.6 Å². The normalized spacial score (nSPS) is 19.4. The van der Waals surface area contributed by atoms with Gasteiger partial charge < -0.3 is 9.80 Å². The van der Waals surface area contributed by atoms with Gasteiger partial charge in [0.1, 0.15) is 5.54 Å². The molecule has 0 N–H and O–H groups in total. The lowest BCUT2D eigenvalue weighted by molar-refractivity contribution is -0.224. The van der Waals surface area contributed by atoms with Crippen LogP contribution in [-0.2, 0) is 13.1 Å². The monoisotopic (exact) mass is 522 g/mol. The van der Waals surface area contributed by atoms with Crippen LogP contribution in [-0.4, -0.2) is 67.5 Å². The van der Waals surface area contributed by atoms with Crippen molar-refractivity contribution >= 4 is 23.5 Å². The van der Waals surface area contributed by atoms with Crippen molar-refractivity contribution in [2.75, 3.05) is 36.0 Å².